The van der Waals surface area contributed by atoms with Crippen LogP contribution in [0.4, 0.5) is 0 Å². The number of rotatable bonds is 3. The van der Waals surface area contributed by atoms with E-state index in [2.05, 4.69) is 16.2 Å². The minimum atomic E-state index is -0.124. The normalized spacial score (nSPS) is 17.1. The fourth-order valence-corrected chi connectivity index (χ4v) is 1.85. The third-order valence-corrected chi connectivity index (χ3v) is 3.05. The van der Waals surface area contributed by atoms with Crippen LogP contribution < -0.4 is 5.73 Å². The van der Waals surface area contributed by atoms with Crippen LogP contribution in [0.5, 0.6) is 0 Å². The van der Waals surface area contributed by atoms with Gasteiger partial charge in [-0.15, -0.1) is 0 Å². The zero-order valence-corrected chi connectivity index (χ0v) is 9.76. The average molecular weight is 229 g/mol. The van der Waals surface area contributed by atoms with E-state index >= 15 is 0 Å². The topological polar surface area (TPSA) is 64.9 Å². The fraction of sp³-hybridized carbons (Fsp3) is 0.385. The van der Waals surface area contributed by atoms with Crippen molar-refractivity contribution in [3.8, 4) is 11.3 Å². The van der Waals surface area contributed by atoms with Crippen LogP contribution in [0.2, 0.25) is 0 Å². The van der Waals surface area contributed by atoms with Gasteiger partial charge >= 0.3 is 0 Å². The second kappa shape index (κ2) is 3.96. The maximum absolute atomic E-state index is 5.75. The number of nitrogens with two attached hydrogens (primary N) is 1. The van der Waals surface area contributed by atoms with Gasteiger partial charge in [0.1, 0.15) is 5.69 Å². The summed E-state index contributed by atoms with van der Waals surface area (Å²) in [5.41, 5.74) is 8.80. The Morgan fingerprint density at radius 1 is 1.41 bits per heavy atom. The molecular formula is C13H15N3O. The van der Waals surface area contributed by atoms with E-state index in [0.717, 1.165) is 17.0 Å². The summed E-state index contributed by atoms with van der Waals surface area (Å²) in [7, 11) is 0. The van der Waals surface area contributed by atoms with Crippen LogP contribution in [0.1, 0.15) is 43.2 Å². The zero-order chi connectivity index (χ0) is 11.8. The first-order chi connectivity index (χ1) is 8.24. The maximum Gasteiger partial charge on any atom is 0.153 e. The smallest absolute Gasteiger partial charge is 0.153 e. The van der Waals surface area contributed by atoms with E-state index in [1.54, 1.807) is 0 Å². The summed E-state index contributed by atoms with van der Waals surface area (Å²) in [6.45, 7) is 1.88. The van der Waals surface area contributed by atoms with Crippen LogP contribution in [-0.2, 0) is 0 Å². The van der Waals surface area contributed by atoms with Crippen molar-refractivity contribution in [3.05, 3.63) is 35.9 Å². The number of hydrogen-bond acceptors (Lipinski definition) is 4. The van der Waals surface area contributed by atoms with Crippen LogP contribution in [0.15, 0.2) is 28.9 Å². The van der Waals surface area contributed by atoms with Gasteiger partial charge in [-0.2, -0.15) is 0 Å². The van der Waals surface area contributed by atoms with Crippen molar-refractivity contribution >= 4 is 0 Å². The molecule has 3 rings (SSSR count). The maximum atomic E-state index is 5.75. The van der Waals surface area contributed by atoms with Crippen molar-refractivity contribution in [2.45, 2.75) is 31.7 Å². The van der Waals surface area contributed by atoms with Gasteiger partial charge in [-0.05, 0) is 31.9 Å². The molecule has 0 amide bonds. The molecule has 1 aliphatic carbocycles. The van der Waals surface area contributed by atoms with Crippen molar-refractivity contribution in [2.75, 3.05) is 0 Å². The largest absolute Gasteiger partial charge is 0.359 e. The lowest BCUT2D eigenvalue weighted by atomic mass is 10.1. The molecule has 1 fully saturated rings. The Kier molecular flexibility index (Phi) is 2.44. The lowest BCUT2D eigenvalue weighted by Gasteiger charge is -1.99. The highest BCUT2D eigenvalue weighted by molar-refractivity contribution is 5.59. The molecule has 1 aliphatic rings. The lowest BCUT2D eigenvalue weighted by Crippen LogP contribution is -2.02. The molecule has 88 valence electrons. The van der Waals surface area contributed by atoms with E-state index in [-0.39, 0.29) is 6.04 Å². The van der Waals surface area contributed by atoms with Gasteiger partial charge in [-0.1, -0.05) is 5.16 Å². The van der Waals surface area contributed by atoms with Gasteiger partial charge in [-0.25, -0.2) is 0 Å². The Morgan fingerprint density at radius 2 is 2.24 bits per heavy atom. The van der Waals surface area contributed by atoms with Gasteiger partial charge in [0.2, 0.25) is 0 Å². The zero-order valence-electron chi connectivity index (χ0n) is 9.76. The van der Waals surface area contributed by atoms with Crippen LogP contribution in [0, 0.1) is 0 Å². The molecule has 0 aromatic carbocycles. The Bertz CT molecular complexity index is 529. The van der Waals surface area contributed by atoms with Crippen molar-refractivity contribution in [2.24, 2.45) is 5.73 Å². The van der Waals surface area contributed by atoms with Crippen LogP contribution in [0.25, 0.3) is 11.3 Å². The van der Waals surface area contributed by atoms with Crippen LogP contribution >= 0.6 is 0 Å². The van der Waals surface area contributed by atoms with E-state index in [0.29, 0.717) is 11.7 Å². The summed E-state index contributed by atoms with van der Waals surface area (Å²) in [6.07, 6.45) is 4.34. The fourth-order valence-electron chi connectivity index (χ4n) is 1.85. The summed E-state index contributed by atoms with van der Waals surface area (Å²) in [5.74, 6) is 1.36. The second-order valence-electron chi connectivity index (χ2n) is 4.65. The van der Waals surface area contributed by atoms with Crippen molar-refractivity contribution in [1.29, 1.82) is 0 Å². The Labute approximate surface area is 99.8 Å². The molecule has 0 radical (unpaired) electrons. The molecule has 0 saturated heterocycles. The molecule has 4 nitrogen and oxygen atoms in total. The van der Waals surface area contributed by atoms with Crippen LogP contribution in [-0.4, -0.2) is 10.1 Å². The van der Waals surface area contributed by atoms with Gasteiger partial charge in [0.15, 0.2) is 5.76 Å². The van der Waals surface area contributed by atoms with Gasteiger partial charge in [0.25, 0.3) is 0 Å². The van der Waals surface area contributed by atoms with Crippen LogP contribution in [0.3, 0.4) is 0 Å². The number of pyridine rings is 1. The first kappa shape index (κ1) is 10.5. The number of hydrogen-bond donors (Lipinski definition) is 1. The number of nitrogens with zero attached hydrogens (tertiary/aromatic N) is 2. The molecule has 2 aromatic heterocycles. The van der Waals surface area contributed by atoms with E-state index in [4.69, 9.17) is 10.3 Å². The average Bonchev–Trinajstić information content (AvgIpc) is 3.06. The Morgan fingerprint density at radius 3 is 2.88 bits per heavy atom. The van der Waals surface area contributed by atoms with Gasteiger partial charge in [0, 0.05) is 29.4 Å². The molecule has 0 unspecified atom stereocenters. The van der Waals surface area contributed by atoms with Gasteiger partial charge in [-0.3, -0.25) is 4.98 Å². The summed E-state index contributed by atoms with van der Waals surface area (Å²) in [4.78, 5) is 4.39. The molecule has 0 aliphatic heterocycles. The molecular weight excluding hydrogens is 214 g/mol. The highest BCUT2D eigenvalue weighted by Crippen LogP contribution is 2.39. The first-order valence-electron chi connectivity index (χ1n) is 5.92. The highest BCUT2D eigenvalue weighted by Gasteiger charge is 2.25. The molecule has 1 atom stereocenters. The van der Waals surface area contributed by atoms with Crippen molar-refractivity contribution < 1.29 is 4.52 Å². The minimum absolute atomic E-state index is 0.124. The molecule has 1 saturated carbocycles. The highest BCUT2D eigenvalue weighted by atomic mass is 16.5. The quantitative estimate of drug-likeness (QED) is 0.878. The molecule has 4 heteroatoms. The van der Waals surface area contributed by atoms with Gasteiger partial charge in [0.05, 0.1) is 6.04 Å². The predicted molar refractivity (Wildman–Crippen MR) is 64.3 cm³/mol. The van der Waals surface area contributed by atoms with E-state index < -0.39 is 0 Å². The van der Waals surface area contributed by atoms with Crippen molar-refractivity contribution in [3.63, 3.8) is 0 Å². The summed E-state index contributed by atoms with van der Waals surface area (Å²) in [6, 6.07) is 5.83. The molecule has 0 spiro atoms. The third kappa shape index (κ3) is 2.08. The molecule has 2 aromatic rings. The van der Waals surface area contributed by atoms with E-state index in [1.165, 1.54) is 12.8 Å². The monoisotopic (exact) mass is 229 g/mol. The third-order valence-electron chi connectivity index (χ3n) is 3.05. The molecule has 2 heterocycles. The Balaban J connectivity index is 1.93. The standard InChI is InChI=1S/C13H15N3O/c1-8(14)13-7-12(16-17-13)10-4-5-15-11(6-10)9-2-3-9/h4-9H,2-3,14H2,1H3/t8-/m1/s1. The van der Waals surface area contributed by atoms with E-state index in [1.807, 2.05) is 25.3 Å². The number of aromatic nitrogens is 2. The summed E-state index contributed by atoms with van der Waals surface area (Å²) < 4.78 is 5.20. The van der Waals surface area contributed by atoms with E-state index in [9.17, 15) is 0 Å². The van der Waals surface area contributed by atoms with Gasteiger partial charge < -0.3 is 10.3 Å². The first-order valence-corrected chi connectivity index (χ1v) is 5.92. The minimum Gasteiger partial charge on any atom is -0.359 e. The molecule has 17 heavy (non-hydrogen) atoms. The second-order valence-corrected chi connectivity index (χ2v) is 4.65. The Hall–Kier alpha value is -1.68. The lowest BCUT2D eigenvalue weighted by molar-refractivity contribution is 0.369. The predicted octanol–water partition coefficient (Wildman–Crippen LogP) is 2.63. The molecule has 2 N–H and O–H groups in total. The SMILES string of the molecule is C[C@@H](N)c1cc(-c2ccnc(C3CC3)c2)no1. The summed E-state index contributed by atoms with van der Waals surface area (Å²) in [5, 5.41) is 4.05. The molecule has 0 bridgehead atoms. The van der Waals surface area contributed by atoms with Crippen molar-refractivity contribution in [1.82, 2.24) is 10.1 Å². The summed E-state index contributed by atoms with van der Waals surface area (Å²) >= 11 is 0.